The van der Waals surface area contributed by atoms with E-state index in [1.54, 1.807) is 23.5 Å². The number of aromatic nitrogens is 2. The van der Waals surface area contributed by atoms with Crippen LogP contribution in [0.5, 0.6) is 0 Å². The van der Waals surface area contributed by atoms with Crippen LogP contribution in [0.3, 0.4) is 0 Å². The van der Waals surface area contributed by atoms with Crippen molar-refractivity contribution in [3.8, 4) is 0 Å². The van der Waals surface area contributed by atoms with Gasteiger partial charge in [0, 0.05) is 11.9 Å². The predicted molar refractivity (Wildman–Crippen MR) is 95.8 cm³/mol. The van der Waals surface area contributed by atoms with Crippen LogP contribution in [0.25, 0.3) is 10.2 Å². The van der Waals surface area contributed by atoms with Gasteiger partial charge in [-0.1, -0.05) is 23.9 Å². The molecule has 0 spiro atoms. The fraction of sp³-hybridized carbons (Fsp3) is 0.235. The summed E-state index contributed by atoms with van der Waals surface area (Å²) in [5.74, 6) is -0.290. The lowest BCUT2D eigenvalue weighted by atomic mass is 10.1. The van der Waals surface area contributed by atoms with Crippen LogP contribution in [0.1, 0.15) is 12.5 Å². The highest BCUT2D eigenvalue weighted by Crippen LogP contribution is 2.30. The molecule has 0 saturated carbocycles. The van der Waals surface area contributed by atoms with Crippen LogP contribution in [0.2, 0.25) is 0 Å². The number of amides is 1. The van der Waals surface area contributed by atoms with Crippen molar-refractivity contribution < 1.29 is 9.18 Å². The molecule has 1 N–H and O–H groups in total. The maximum atomic E-state index is 12.9. The molecule has 0 fully saturated rings. The normalized spacial score (nSPS) is 12.2. The molecule has 0 aliphatic heterocycles. The van der Waals surface area contributed by atoms with Gasteiger partial charge >= 0.3 is 0 Å². The van der Waals surface area contributed by atoms with Crippen LogP contribution in [0.15, 0.2) is 47.1 Å². The highest BCUT2D eigenvalue weighted by molar-refractivity contribution is 8.00. The fourth-order valence-electron chi connectivity index (χ4n) is 2.21. The van der Waals surface area contributed by atoms with Gasteiger partial charge in [-0.2, -0.15) is 0 Å². The molecule has 1 atom stereocenters. The number of rotatable bonds is 6. The average molecular weight is 361 g/mol. The Kier molecular flexibility index (Phi) is 5.42. The van der Waals surface area contributed by atoms with Crippen molar-refractivity contribution in [3.63, 3.8) is 0 Å². The molecule has 0 saturated heterocycles. The smallest absolute Gasteiger partial charge is 0.233 e. The second-order valence-corrected chi connectivity index (χ2v) is 7.47. The minimum atomic E-state index is -0.254. The first kappa shape index (κ1) is 16.9. The van der Waals surface area contributed by atoms with E-state index in [4.69, 9.17) is 0 Å². The molecule has 124 valence electrons. The van der Waals surface area contributed by atoms with Crippen LogP contribution < -0.4 is 5.32 Å². The van der Waals surface area contributed by atoms with Gasteiger partial charge in [0.25, 0.3) is 0 Å². The molecule has 2 heterocycles. The van der Waals surface area contributed by atoms with Crippen molar-refractivity contribution in [2.75, 3.05) is 6.54 Å². The molecule has 7 heteroatoms. The topological polar surface area (TPSA) is 54.9 Å². The third kappa shape index (κ3) is 4.10. The number of fused-ring (bicyclic) bond motifs is 1. The summed E-state index contributed by atoms with van der Waals surface area (Å²) in [7, 11) is 0. The van der Waals surface area contributed by atoms with Gasteiger partial charge in [0.2, 0.25) is 5.91 Å². The van der Waals surface area contributed by atoms with E-state index in [0.717, 1.165) is 20.8 Å². The van der Waals surface area contributed by atoms with Gasteiger partial charge in [-0.05, 0) is 42.5 Å². The number of carbonyl (C=O) groups is 1. The Morgan fingerprint density at radius 2 is 2.08 bits per heavy atom. The van der Waals surface area contributed by atoms with Crippen molar-refractivity contribution in [1.29, 1.82) is 0 Å². The van der Waals surface area contributed by atoms with Crippen molar-refractivity contribution >= 4 is 39.2 Å². The number of nitrogens with zero attached hydrogens (tertiary/aromatic N) is 2. The number of nitrogens with one attached hydrogen (secondary N) is 1. The van der Waals surface area contributed by atoms with Crippen LogP contribution in [-0.4, -0.2) is 27.7 Å². The molecule has 0 aliphatic carbocycles. The molecule has 0 radical (unpaired) electrons. The van der Waals surface area contributed by atoms with Crippen molar-refractivity contribution in [3.05, 3.63) is 53.4 Å². The molecule has 1 amide bonds. The molecule has 0 bridgehead atoms. The Balaban J connectivity index is 1.53. The largest absolute Gasteiger partial charge is 0.355 e. The molecular weight excluding hydrogens is 345 g/mol. The number of carbonyl (C=O) groups excluding carboxylic acids is 1. The van der Waals surface area contributed by atoms with E-state index in [-0.39, 0.29) is 17.0 Å². The first-order valence-electron chi connectivity index (χ1n) is 7.50. The number of halogens is 1. The highest BCUT2D eigenvalue weighted by Gasteiger charge is 2.16. The van der Waals surface area contributed by atoms with E-state index in [1.165, 1.54) is 30.2 Å². The molecule has 1 aromatic carbocycles. The third-order valence-electron chi connectivity index (χ3n) is 3.51. The second kappa shape index (κ2) is 7.72. The van der Waals surface area contributed by atoms with Crippen molar-refractivity contribution in [1.82, 2.24) is 15.3 Å². The predicted octanol–water partition coefficient (Wildman–Crippen LogP) is 3.67. The van der Waals surface area contributed by atoms with Gasteiger partial charge in [-0.25, -0.2) is 14.4 Å². The van der Waals surface area contributed by atoms with Gasteiger partial charge in [0.05, 0.1) is 5.25 Å². The zero-order valence-corrected chi connectivity index (χ0v) is 14.7. The Morgan fingerprint density at radius 3 is 2.88 bits per heavy atom. The van der Waals surface area contributed by atoms with Gasteiger partial charge in [0.1, 0.15) is 22.0 Å². The van der Waals surface area contributed by atoms with Gasteiger partial charge in [-0.15, -0.1) is 11.3 Å². The summed E-state index contributed by atoms with van der Waals surface area (Å²) in [5, 5.41) is 6.44. The summed E-state index contributed by atoms with van der Waals surface area (Å²) in [6.07, 6.45) is 2.20. The molecule has 3 rings (SSSR count). The SMILES string of the molecule is C[C@@H](Sc1ncnc2sccc12)C(=O)NCCc1ccc(F)cc1. The monoisotopic (exact) mass is 361 g/mol. The van der Waals surface area contributed by atoms with Crippen molar-refractivity contribution in [2.24, 2.45) is 0 Å². The van der Waals surface area contributed by atoms with Crippen LogP contribution in [0, 0.1) is 5.82 Å². The maximum Gasteiger partial charge on any atom is 0.233 e. The summed E-state index contributed by atoms with van der Waals surface area (Å²) >= 11 is 2.99. The molecule has 0 aliphatic rings. The summed E-state index contributed by atoms with van der Waals surface area (Å²) in [5.41, 5.74) is 0.993. The number of hydrogen-bond acceptors (Lipinski definition) is 5. The third-order valence-corrected chi connectivity index (χ3v) is 5.45. The molecule has 3 aromatic rings. The Labute approximate surface area is 147 Å². The average Bonchev–Trinajstić information content (AvgIpc) is 3.06. The van der Waals surface area contributed by atoms with E-state index in [1.807, 2.05) is 18.4 Å². The van der Waals surface area contributed by atoms with Crippen LogP contribution in [0.4, 0.5) is 4.39 Å². The minimum absolute atomic E-state index is 0.0379. The summed E-state index contributed by atoms with van der Waals surface area (Å²) < 4.78 is 12.9. The number of hydrogen-bond donors (Lipinski definition) is 1. The lowest BCUT2D eigenvalue weighted by molar-refractivity contribution is -0.120. The van der Waals surface area contributed by atoms with E-state index in [9.17, 15) is 9.18 Å². The van der Waals surface area contributed by atoms with Gasteiger partial charge in [0.15, 0.2) is 0 Å². The molecule has 4 nitrogen and oxygen atoms in total. The quantitative estimate of drug-likeness (QED) is 0.538. The lowest BCUT2D eigenvalue weighted by Crippen LogP contribution is -2.32. The first-order chi connectivity index (χ1) is 11.6. The minimum Gasteiger partial charge on any atom is -0.355 e. The fourth-order valence-corrected chi connectivity index (χ4v) is 3.93. The summed E-state index contributed by atoms with van der Waals surface area (Å²) in [4.78, 5) is 21.7. The van der Waals surface area contributed by atoms with Gasteiger partial charge in [-0.3, -0.25) is 4.79 Å². The van der Waals surface area contributed by atoms with E-state index < -0.39 is 0 Å². The highest BCUT2D eigenvalue weighted by atomic mass is 32.2. The molecule has 24 heavy (non-hydrogen) atoms. The van der Waals surface area contributed by atoms with E-state index in [2.05, 4.69) is 15.3 Å². The van der Waals surface area contributed by atoms with E-state index >= 15 is 0 Å². The molecular formula is C17H16FN3OS2. The summed E-state index contributed by atoms with van der Waals surface area (Å²) in [6, 6.07) is 8.29. The van der Waals surface area contributed by atoms with Crippen LogP contribution in [-0.2, 0) is 11.2 Å². The standard InChI is InChI=1S/C17H16FN3OS2/c1-11(24-17-14-7-9-23-16(14)20-10-21-17)15(22)19-8-6-12-2-4-13(18)5-3-12/h2-5,7,9-11H,6,8H2,1H3,(H,19,22)/t11-/m1/s1. The lowest BCUT2D eigenvalue weighted by Gasteiger charge is -2.12. The molecule has 2 aromatic heterocycles. The van der Waals surface area contributed by atoms with E-state index in [0.29, 0.717) is 13.0 Å². The Bertz CT molecular complexity index is 835. The zero-order chi connectivity index (χ0) is 16.9. The maximum absolute atomic E-state index is 12.9. The summed E-state index contributed by atoms with van der Waals surface area (Å²) in [6.45, 7) is 2.38. The van der Waals surface area contributed by atoms with Crippen LogP contribution >= 0.6 is 23.1 Å². The Morgan fingerprint density at radius 1 is 1.29 bits per heavy atom. The number of thioether (sulfide) groups is 1. The Hall–Kier alpha value is -1.99. The van der Waals surface area contributed by atoms with Crippen molar-refractivity contribution in [2.45, 2.75) is 23.6 Å². The first-order valence-corrected chi connectivity index (χ1v) is 9.26. The zero-order valence-electron chi connectivity index (χ0n) is 13.0. The number of thiophene rings is 1. The number of benzene rings is 1. The second-order valence-electron chi connectivity index (χ2n) is 5.25. The molecule has 0 unspecified atom stereocenters. The van der Waals surface area contributed by atoms with Gasteiger partial charge < -0.3 is 5.32 Å².